The molecule has 0 fully saturated rings. The Balaban J connectivity index is 1.60. The lowest BCUT2D eigenvalue weighted by Gasteiger charge is -2.10. The third kappa shape index (κ3) is 3.13. The predicted molar refractivity (Wildman–Crippen MR) is 109 cm³/mol. The average molecular weight is 375 g/mol. The van der Waals surface area contributed by atoms with Gasteiger partial charge in [0.2, 0.25) is 0 Å². The molecule has 0 radical (unpaired) electrons. The Kier molecular flexibility index (Phi) is 4.61. The molecular formula is C22H21N3O3. The monoisotopic (exact) mass is 375 g/mol. The molecule has 0 bridgehead atoms. The molecule has 0 saturated heterocycles. The first-order valence-corrected chi connectivity index (χ1v) is 8.98. The number of aryl methyl sites for hydroxylation is 1. The van der Waals surface area contributed by atoms with Crippen molar-refractivity contribution < 1.29 is 14.3 Å². The van der Waals surface area contributed by atoms with Crippen LogP contribution >= 0.6 is 0 Å². The number of ether oxygens (including phenoxy) is 2. The van der Waals surface area contributed by atoms with E-state index in [2.05, 4.69) is 15.3 Å². The van der Waals surface area contributed by atoms with E-state index in [1.165, 1.54) is 0 Å². The van der Waals surface area contributed by atoms with Crippen molar-refractivity contribution in [2.75, 3.05) is 14.2 Å². The van der Waals surface area contributed by atoms with Crippen LogP contribution in [-0.2, 0) is 6.54 Å². The molecule has 28 heavy (non-hydrogen) atoms. The fourth-order valence-corrected chi connectivity index (χ4v) is 3.38. The number of nitrogens with zero attached hydrogens (tertiary/aromatic N) is 1. The van der Waals surface area contributed by atoms with Crippen molar-refractivity contribution in [1.82, 2.24) is 15.3 Å². The number of aromatic amines is 1. The van der Waals surface area contributed by atoms with Crippen LogP contribution in [0.25, 0.3) is 21.8 Å². The third-order valence-electron chi connectivity index (χ3n) is 4.81. The van der Waals surface area contributed by atoms with Gasteiger partial charge in [-0.05, 0) is 36.8 Å². The molecule has 2 heterocycles. The van der Waals surface area contributed by atoms with Crippen LogP contribution in [0.1, 0.15) is 21.7 Å². The van der Waals surface area contributed by atoms with Gasteiger partial charge in [0.05, 0.1) is 25.4 Å². The van der Waals surface area contributed by atoms with E-state index < -0.39 is 0 Å². The zero-order valence-corrected chi connectivity index (χ0v) is 16.0. The third-order valence-corrected chi connectivity index (χ3v) is 4.81. The zero-order valence-electron chi connectivity index (χ0n) is 16.0. The van der Waals surface area contributed by atoms with Gasteiger partial charge in [-0.1, -0.05) is 24.3 Å². The summed E-state index contributed by atoms with van der Waals surface area (Å²) in [5.41, 5.74) is 4.10. The topological polar surface area (TPSA) is 76.2 Å². The van der Waals surface area contributed by atoms with Crippen LogP contribution in [-0.4, -0.2) is 30.1 Å². The molecule has 2 N–H and O–H groups in total. The number of hydrogen-bond acceptors (Lipinski definition) is 4. The van der Waals surface area contributed by atoms with E-state index >= 15 is 0 Å². The minimum Gasteiger partial charge on any atom is -0.493 e. The van der Waals surface area contributed by atoms with Crippen molar-refractivity contribution in [3.05, 3.63) is 65.5 Å². The number of methoxy groups -OCH3 is 2. The molecule has 0 saturated carbocycles. The summed E-state index contributed by atoms with van der Waals surface area (Å²) >= 11 is 0. The van der Waals surface area contributed by atoms with Gasteiger partial charge in [0.1, 0.15) is 5.69 Å². The van der Waals surface area contributed by atoms with Crippen LogP contribution < -0.4 is 14.8 Å². The van der Waals surface area contributed by atoms with Crippen molar-refractivity contribution in [3.8, 4) is 11.5 Å². The number of amides is 1. The molecule has 1 amide bonds. The molecule has 142 valence electrons. The number of benzene rings is 2. The second-order valence-corrected chi connectivity index (χ2v) is 6.56. The molecule has 0 unspecified atom stereocenters. The highest BCUT2D eigenvalue weighted by Crippen LogP contribution is 2.28. The molecule has 0 aliphatic carbocycles. The Morgan fingerprint density at radius 1 is 1.04 bits per heavy atom. The lowest BCUT2D eigenvalue weighted by atomic mass is 10.1. The van der Waals surface area contributed by atoms with E-state index in [1.54, 1.807) is 14.2 Å². The highest BCUT2D eigenvalue weighted by molar-refractivity contribution is 6.10. The van der Waals surface area contributed by atoms with Crippen molar-refractivity contribution in [2.24, 2.45) is 0 Å². The van der Waals surface area contributed by atoms with Crippen molar-refractivity contribution >= 4 is 27.7 Å². The number of nitrogens with one attached hydrogen (secondary N) is 2. The molecular weight excluding hydrogens is 354 g/mol. The van der Waals surface area contributed by atoms with E-state index in [-0.39, 0.29) is 5.91 Å². The second kappa shape index (κ2) is 7.23. The number of aromatic nitrogens is 2. The highest BCUT2D eigenvalue weighted by atomic mass is 16.5. The molecule has 0 atom stereocenters. The minimum absolute atomic E-state index is 0.218. The first kappa shape index (κ1) is 17.9. The lowest BCUT2D eigenvalue weighted by Crippen LogP contribution is -2.24. The quantitative estimate of drug-likeness (QED) is 0.553. The van der Waals surface area contributed by atoms with Gasteiger partial charge in [-0.15, -0.1) is 0 Å². The van der Waals surface area contributed by atoms with Crippen molar-refractivity contribution in [3.63, 3.8) is 0 Å². The molecule has 6 heteroatoms. The van der Waals surface area contributed by atoms with Gasteiger partial charge >= 0.3 is 0 Å². The standard InChI is InChI=1S/C22H21N3O3/c1-13-21-16(15-6-4-5-7-17(15)25-21)11-18(24-13)22(26)23-12-14-8-9-19(27-2)20(10-14)28-3/h4-11,25H,12H2,1-3H3,(H,23,26). The molecule has 4 rings (SSSR count). The maximum atomic E-state index is 12.7. The SMILES string of the molecule is COc1ccc(CNC(=O)c2cc3c([nH]c4ccccc43)c(C)n2)cc1OC. The summed E-state index contributed by atoms with van der Waals surface area (Å²) in [4.78, 5) is 20.6. The number of carbonyl (C=O) groups excluding carboxylic acids is 1. The summed E-state index contributed by atoms with van der Waals surface area (Å²) in [6, 6.07) is 15.4. The van der Waals surface area contributed by atoms with Crippen LogP contribution in [0.15, 0.2) is 48.5 Å². The number of fused-ring (bicyclic) bond motifs is 3. The molecule has 4 aromatic rings. The number of rotatable bonds is 5. The summed E-state index contributed by atoms with van der Waals surface area (Å²) in [6.45, 7) is 2.27. The first-order valence-electron chi connectivity index (χ1n) is 8.98. The van der Waals surface area contributed by atoms with Gasteiger partial charge in [-0.3, -0.25) is 4.79 Å². The van der Waals surface area contributed by atoms with Crippen molar-refractivity contribution in [2.45, 2.75) is 13.5 Å². The van der Waals surface area contributed by atoms with Crippen LogP contribution in [0, 0.1) is 6.92 Å². The molecule has 0 aliphatic heterocycles. The summed E-state index contributed by atoms with van der Waals surface area (Å²) < 4.78 is 10.6. The van der Waals surface area contributed by atoms with Gasteiger partial charge < -0.3 is 19.8 Å². The van der Waals surface area contributed by atoms with Gasteiger partial charge in [0.15, 0.2) is 11.5 Å². The maximum Gasteiger partial charge on any atom is 0.270 e. The van der Waals surface area contributed by atoms with E-state index in [4.69, 9.17) is 9.47 Å². The van der Waals surface area contributed by atoms with Gasteiger partial charge in [0, 0.05) is 22.8 Å². The second-order valence-electron chi connectivity index (χ2n) is 6.56. The van der Waals surface area contributed by atoms with Gasteiger partial charge in [-0.25, -0.2) is 4.98 Å². The van der Waals surface area contributed by atoms with E-state index in [9.17, 15) is 4.79 Å². The first-order chi connectivity index (χ1) is 13.6. The minimum atomic E-state index is -0.218. The number of carbonyl (C=O) groups is 1. The van der Waals surface area contributed by atoms with Crippen LogP contribution in [0.4, 0.5) is 0 Å². The molecule has 6 nitrogen and oxygen atoms in total. The van der Waals surface area contributed by atoms with Crippen molar-refractivity contribution in [1.29, 1.82) is 0 Å². The number of H-pyrrole nitrogens is 1. The van der Waals surface area contributed by atoms with Crippen LogP contribution in [0.5, 0.6) is 11.5 Å². The normalized spacial score (nSPS) is 11.0. The Labute approximate surface area is 162 Å². The fourth-order valence-electron chi connectivity index (χ4n) is 3.38. The fraction of sp³-hybridized carbons (Fsp3) is 0.182. The lowest BCUT2D eigenvalue weighted by molar-refractivity contribution is 0.0946. The maximum absolute atomic E-state index is 12.7. The van der Waals surface area contributed by atoms with Crippen LogP contribution in [0.3, 0.4) is 0 Å². The Bertz CT molecular complexity index is 1180. The molecule has 0 spiro atoms. The van der Waals surface area contributed by atoms with Crippen LogP contribution in [0.2, 0.25) is 0 Å². The van der Waals surface area contributed by atoms with E-state index in [0.29, 0.717) is 23.7 Å². The summed E-state index contributed by atoms with van der Waals surface area (Å²) in [7, 11) is 3.18. The Morgan fingerprint density at radius 3 is 2.61 bits per heavy atom. The molecule has 2 aromatic carbocycles. The molecule has 2 aromatic heterocycles. The average Bonchev–Trinajstić information content (AvgIpc) is 3.11. The smallest absolute Gasteiger partial charge is 0.270 e. The number of hydrogen-bond donors (Lipinski definition) is 2. The Morgan fingerprint density at radius 2 is 1.82 bits per heavy atom. The Hall–Kier alpha value is -3.54. The van der Waals surface area contributed by atoms with E-state index in [0.717, 1.165) is 33.1 Å². The summed E-state index contributed by atoms with van der Waals surface area (Å²) in [6.07, 6.45) is 0. The van der Waals surface area contributed by atoms with Gasteiger partial charge in [-0.2, -0.15) is 0 Å². The summed E-state index contributed by atoms with van der Waals surface area (Å²) in [5.74, 6) is 1.06. The zero-order chi connectivity index (χ0) is 19.7. The summed E-state index contributed by atoms with van der Waals surface area (Å²) in [5, 5.41) is 5.01. The van der Waals surface area contributed by atoms with E-state index in [1.807, 2.05) is 55.5 Å². The molecule has 0 aliphatic rings. The van der Waals surface area contributed by atoms with Gasteiger partial charge in [0.25, 0.3) is 5.91 Å². The number of pyridine rings is 1. The predicted octanol–water partition coefficient (Wildman–Crippen LogP) is 3.97. The largest absolute Gasteiger partial charge is 0.493 e. The number of para-hydroxylation sites is 1. The highest BCUT2D eigenvalue weighted by Gasteiger charge is 2.14.